The number of hydrogen-bond acceptors (Lipinski definition) is 4. The van der Waals surface area contributed by atoms with Gasteiger partial charge in [0.1, 0.15) is 0 Å². The molecule has 0 saturated carbocycles. The normalized spacial score (nSPS) is 15.9. The molecule has 1 aromatic rings. The molecule has 1 aromatic heterocycles. The van der Waals surface area contributed by atoms with Crippen LogP contribution in [-0.2, 0) is 4.74 Å². The number of nitrogens with one attached hydrogen (secondary N) is 1. The molecule has 1 saturated heterocycles. The first-order valence-corrected chi connectivity index (χ1v) is 6.88. The lowest BCUT2D eigenvalue weighted by molar-refractivity contribution is 0.0742. The summed E-state index contributed by atoms with van der Waals surface area (Å²) in [4.78, 5) is 18.4. The fraction of sp³-hybridized carbons (Fsp3) is 0.571. The van der Waals surface area contributed by atoms with E-state index in [-0.39, 0.29) is 5.91 Å². The van der Waals surface area contributed by atoms with Crippen LogP contribution in [0.2, 0.25) is 0 Å². The summed E-state index contributed by atoms with van der Waals surface area (Å²) < 4.78 is 5.38. The van der Waals surface area contributed by atoms with Gasteiger partial charge in [0, 0.05) is 38.6 Å². The van der Waals surface area contributed by atoms with E-state index in [1.807, 2.05) is 11.0 Å². The number of amides is 1. The Kier molecular flexibility index (Phi) is 5.15. The van der Waals surface area contributed by atoms with Crippen LogP contribution in [0.3, 0.4) is 0 Å². The summed E-state index contributed by atoms with van der Waals surface area (Å²) in [6.07, 6.45) is 5.27. The molecule has 1 aliphatic rings. The monoisotopic (exact) mass is 263 g/mol. The van der Waals surface area contributed by atoms with Gasteiger partial charge in [-0.25, -0.2) is 0 Å². The second kappa shape index (κ2) is 7.09. The molecule has 5 nitrogen and oxygen atoms in total. The van der Waals surface area contributed by atoms with Crippen LogP contribution < -0.4 is 5.32 Å². The van der Waals surface area contributed by atoms with E-state index < -0.39 is 0 Å². The predicted molar refractivity (Wildman–Crippen MR) is 74.4 cm³/mol. The molecule has 0 spiro atoms. The van der Waals surface area contributed by atoms with Gasteiger partial charge in [0.15, 0.2) is 0 Å². The third kappa shape index (κ3) is 3.67. The summed E-state index contributed by atoms with van der Waals surface area (Å²) >= 11 is 0. The molecule has 0 aliphatic carbocycles. The van der Waals surface area contributed by atoms with Crippen molar-refractivity contribution >= 4 is 11.6 Å². The topological polar surface area (TPSA) is 54.5 Å². The largest absolute Gasteiger partial charge is 0.384 e. The number of hydrogen-bond donors (Lipinski definition) is 1. The molecule has 1 aliphatic heterocycles. The maximum Gasteiger partial charge on any atom is 0.257 e. The van der Waals surface area contributed by atoms with Crippen molar-refractivity contribution in [2.45, 2.75) is 19.8 Å². The molecule has 0 unspecified atom stereocenters. The van der Waals surface area contributed by atoms with Gasteiger partial charge in [-0.2, -0.15) is 0 Å². The third-order valence-corrected chi connectivity index (χ3v) is 3.13. The summed E-state index contributed by atoms with van der Waals surface area (Å²) in [7, 11) is 0. The van der Waals surface area contributed by atoms with Gasteiger partial charge in [0.05, 0.1) is 17.9 Å². The molecule has 1 fully saturated rings. The predicted octanol–water partition coefficient (Wildman–Crippen LogP) is 1.77. The lowest BCUT2D eigenvalue weighted by Gasteiger charge is -2.21. The lowest BCUT2D eigenvalue weighted by Crippen LogP contribution is -2.33. The molecule has 2 heterocycles. The van der Waals surface area contributed by atoms with Gasteiger partial charge in [0.25, 0.3) is 5.91 Å². The molecule has 19 heavy (non-hydrogen) atoms. The molecule has 5 heteroatoms. The van der Waals surface area contributed by atoms with E-state index in [0.717, 1.165) is 38.2 Å². The molecule has 0 aromatic carbocycles. The number of aromatic nitrogens is 1. The van der Waals surface area contributed by atoms with Crippen molar-refractivity contribution in [2.75, 3.05) is 38.2 Å². The molecule has 0 radical (unpaired) electrons. The summed E-state index contributed by atoms with van der Waals surface area (Å²) in [5.74, 6) is 0.0391. The van der Waals surface area contributed by atoms with Crippen LogP contribution in [0, 0.1) is 0 Å². The zero-order valence-electron chi connectivity index (χ0n) is 11.4. The first-order chi connectivity index (χ1) is 9.33. The highest BCUT2D eigenvalue weighted by atomic mass is 16.5. The number of carbonyl (C=O) groups is 1. The average Bonchev–Trinajstić information content (AvgIpc) is 2.73. The van der Waals surface area contributed by atoms with Gasteiger partial charge in [0.2, 0.25) is 0 Å². The standard InChI is InChI=1S/C14H21N3O2/c1-2-5-16-13-4-6-15-11-12(13)14(18)17-7-3-9-19-10-8-17/h4,6,11H,2-3,5,7-10H2,1H3,(H,15,16). The Bertz CT molecular complexity index is 415. The van der Waals surface area contributed by atoms with Crippen molar-refractivity contribution < 1.29 is 9.53 Å². The number of carbonyl (C=O) groups excluding carboxylic acids is 1. The van der Waals surface area contributed by atoms with Gasteiger partial charge in [-0.05, 0) is 18.9 Å². The van der Waals surface area contributed by atoms with Crippen LogP contribution in [0.4, 0.5) is 5.69 Å². The Hall–Kier alpha value is -1.62. The van der Waals surface area contributed by atoms with Gasteiger partial charge in [-0.15, -0.1) is 0 Å². The molecule has 2 rings (SSSR count). The molecule has 0 atom stereocenters. The minimum Gasteiger partial charge on any atom is -0.384 e. The van der Waals surface area contributed by atoms with E-state index in [0.29, 0.717) is 18.7 Å². The van der Waals surface area contributed by atoms with Crippen molar-refractivity contribution in [2.24, 2.45) is 0 Å². The van der Waals surface area contributed by atoms with Crippen molar-refractivity contribution in [1.29, 1.82) is 0 Å². The number of rotatable bonds is 4. The molecular formula is C14H21N3O2. The maximum atomic E-state index is 12.5. The van der Waals surface area contributed by atoms with Crippen molar-refractivity contribution in [3.63, 3.8) is 0 Å². The minimum absolute atomic E-state index is 0.0391. The van der Waals surface area contributed by atoms with Crippen molar-refractivity contribution in [3.8, 4) is 0 Å². The Labute approximate surface area is 114 Å². The average molecular weight is 263 g/mol. The maximum absolute atomic E-state index is 12.5. The highest BCUT2D eigenvalue weighted by Crippen LogP contribution is 2.17. The van der Waals surface area contributed by atoms with E-state index in [1.165, 1.54) is 0 Å². The second-order valence-corrected chi connectivity index (χ2v) is 4.61. The smallest absolute Gasteiger partial charge is 0.257 e. The fourth-order valence-electron chi connectivity index (χ4n) is 2.10. The summed E-state index contributed by atoms with van der Waals surface area (Å²) in [5.41, 5.74) is 1.52. The van der Waals surface area contributed by atoms with Crippen molar-refractivity contribution in [1.82, 2.24) is 9.88 Å². The summed E-state index contributed by atoms with van der Waals surface area (Å²) in [5, 5.41) is 3.28. The number of nitrogens with zero attached hydrogens (tertiary/aromatic N) is 2. The lowest BCUT2D eigenvalue weighted by atomic mass is 10.2. The number of anilines is 1. The Morgan fingerprint density at radius 3 is 3.21 bits per heavy atom. The van der Waals surface area contributed by atoms with Crippen LogP contribution >= 0.6 is 0 Å². The van der Waals surface area contributed by atoms with E-state index in [1.54, 1.807) is 12.4 Å². The highest BCUT2D eigenvalue weighted by molar-refractivity contribution is 5.99. The highest BCUT2D eigenvalue weighted by Gasteiger charge is 2.20. The quantitative estimate of drug-likeness (QED) is 0.899. The van der Waals surface area contributed by atoms with Crippen LogP contribution in [0.25, 0.3) is 0 Å². The Balaban J connectivity index is 2.12. The summed E-state index contributed by atoms with van der Waals surface area (Å²) in [6.45, 7) is 5.71. The SMILES string of the molecule is CCCNc1ccncc1C(=O)N1CCCOCC1. The fourth-order valence-corrected chi connectivity index (χ4v) is 2.10. The zero-order valence-corrected chi connectivity index (χ0v) is 11.4. The zero-order chi connectivity index (χ0) is 13.5. The van der Waals surface area contributed by atoms with Gasteiger partial charge < -0.3 is 15.0 Å². The number of ether oxygens (including phenoxy) is 1. The van der Waals surface area contributed by atoms with Crippen LogP contribution in [-0.4, -0.2) is 48.6 Å². The second-order valence-electron chi connectivity index (χ2n) is 4.61. The molecule has 0 bridgehead atoms. The first-order valence-electron chi connectivity index (χ1n) is 6.88. The Morgan fingerprint density at radius 1 is 1.47 bits per heavy atom. The van der Waals surface area contributed by atoms with E-state index in [2.05, 4.69) is 17.2 Å². The van der Waals surface area contributed by atoms with Crippen molar-refractivity contribution in [3.05, 3.63) is 24.0 Å². The van der Waals surface area contributed by atoms with E-state index in [4.69, 9.17) is 4.74 Å². The number of pyridine rings is 1. The third-order valence-electron chi connectivity index (χ3n) is 3.13. The van der Waals surface area contributed by atoms with E-state index >= 15 is 0 Å². The Morgan fingerprint density at radius 2 is 2.37 bits per heavy atom. The van der Waals surface area contributed by atoms with Gasteiger partial charge in [-0.3, -0.25) is 9.78 Å². The van der Waals surface area contributed by atoms with Gasteiger partial charge >= 0.3 is 0 Å². The molecule has 104 valence electrons. The summed E-state index contributed by atoms with van der Waals surface area (Å²) in [6, 6.07) is 1.86. The molecule has 1 amide bonds. The minimum atomic E-state index is 0.0391. The van der Waals surface area contributed by atoms with Crippen LogP contribution in [0.1, 0.15) is 30.1 Å². The first kappa shape index (κ1) is 13.8. The molecular weight excluding hydrogens is 242 g/mol. The van der Waals surface area contributed by atoms with Gasteiger partial charge in [-0.1, -0.05) is 6.92 Å². The van der Waals surface area contributed by atoms with E-state index in [9.17, 15) is 4.79 Å². The molecule has 1 N–H and O–H groups in total. The van der Waals surface area contributed by atoms with Crippen LogP contribution in [0.15, 0.2) is 18.5 Å². The van der Waals surface area contributed by atoms with Crippen LogP contribution in [0.5, 0.6) is 0 Å².